The number of hydrogen-bond donors (Lipinski definition) is 0. The Bertz CT molecular complexity index is 780. The van der Waals surface area contributed by atoms with E-state index in [1.165, 1.54) is 22.7 Å². The molecule has 0 unspecified atom stereocenters. The highest BCUT2D eigenvalue weighted by atomic mass is 28.3. The van der Waals surface area contributed by atoms with Gasteiger partial charge in [0.05, 0.1) is 7.11 Å². The molecule has 0 amide bonds. The highest BCUT2D eigenvalue weighted by Crippen LogP contribution is 2.39. The molecule has 0 saturated carbocycles. The Balaban J connectivity index is 2.79. The van der Waals surface area contributed by atoms with E-state index in [9.17, 15) is 0 Å². The van der Waals surface area contributed by atoms with Crippen molar-refractivity contribution in [2.45, 2.75) is 92.2 Å². The highest BCUT2D eigenvalue weighted by molar-refractivity contribution is 6.96. The second-order valence-electron chi connectivity index (χ2n) is 11.4. The minimum Gasteiger partial charge on any atom is -0.497 e. The van der Waals surface area contributed by atoms with Crippen LogP contribution < -0.4 is 9.92 Å². The number of benzene rings is 1. The summed E-state index contributed by atoms with van der Waals surface area (Å²) in [4.78, 5) is 0. The Kier molecular flexibility index (Phi) is 6.45. The topological polar surface area (TPSA) is 9.23 Å². The summed E-state index contributed by atoms with van der Waals surface area (Å²) in [6.07, 6.45) is 7.03. The van der Waals surface area contributed by atoms with Crippen molar-refractivity contribution in [1.29, 1.82) is 0 Å². The molecule has 2 heteroatoms. The molecule has 0 aliphatic heterocycles. The number of ether oxygens (including phenoxy) is 1. The monoisotopic (exact) mass is 398 g/mol. The Morgan fingerprint density at radius 1 is 1.00 bits per heavy atom. The van der Waals surface area contributed by atoms with E-state index in [1.807, 2.05) is 7.11 Å². The third-order valence-electron chi connectivity index (χ3n) is 6.05. The molecule has 156 valence electrons. The van der Waals surface area contributed by atoms with Gasteiger partial charge < -0.3 is 4.74 Å². The van der Waals surface area contributed by atoms with Gasteiger partial charge in [0.1, 0.15) is 13.8 Å². The van der Waals surface area contributed by atoms with Crippen LogP contribution in [-0.4, -0.2) is 15.2 Å². The molecule has 28 heavy (non-hydrogen) atoms. The molecule has 0 bridgehead atoms. The lowest BCUT2D eigenvalue weighted by Gasteiger charge is -2.34. The van der Waals surface area contributed by atoms with Crippen molar-refractivity contribution in [1.82, 2.24) is 0 Å². The third kappa shape index (κ3) is 4.64. The van der Waals surface area contributed by atoms with Gasteiger partial charge >= 0.3 is 0 Å². The number of rotatable bonds is 5. The van der Waals surface area contributed by atoms with Crippen LogP contribution in [-0.2, 0) is 10.8 Å². The van der Waals surface area contributed by atoms with E-state index in [4.69, 9.17) is 4.74 Å². The molecule has 0 aromatic heterocycles. The van der Waals surface area contributed by atoms with Gasteiger partial charge in [-0.1, -0.05) is 104 Å². The highest BCUT2D eigenvalue weighted by Gasteiger charge is 2.37. The average molecular weight is 399 g/mol. The molecule has 0 heterocycles. The van der Waals surface area contributed by atoms with E-state index in [-0.39, 0.29) is 10.8 Å². The van der Waals surface area contributed by atoms with E-state index in [0.717, 1.165) is 12.2 Å². The van der Waals surface area contributed by atoms with Gasteiger partial charge in [-0.15, -0.1) is 0 Å². The molecule has 1 aliphatic rings. The Labute approximate surface area is 175 Å². The molecule has 1 aromatic rings. The zero-order valence-corrected chi connectivity index (χ0v) is 21.2. The SMILES string of the molecule is COc1c(C(C)(C)C)cc(C(C)(C)C)cc1[Si](C)(C)C1=C(CC(C)C)C=CC1. The fourth-order valence-corrected chi connectivity index (χ4v) is 7.57. The zero-order chi connectivity index (χ0) is 21.5. The van der Waals surface area contributed by atoms with Crippen LogP contribution in [0.1, 0.15) is 79.4 Å². The lowest BCUT2D eigenvalue weighted by atomic mass is 9.80. The van der Waals surface area contributed by atoms with Crippen molar-refractivity contribution in [2.75, 3.05) is 7.11 Å². The van der Waals surface area contributed by atoms with Crippen molar-refractivity contribution in [2.24, 2.45) is 5.92 Å². The Hall–Kier alpha value is -1.28. The summed E-state index contributed by atoms with van der Waals surface area (Å²) >= 11 is 0. The standard InChI is InChI=1S/C26H42OSi/c1-18(2)15-19-13-12-14-22(19)28(10,11)23-17-20(25(3,4)5)16-21(24(23)27-9)26(6,7)8/h12-13,16-18H,14-15H2,1-11H3. The first kappa shape index (κ1) is 23.0. The maximum absolute atomic E-state index is 6.12. The fourth-order valence-electron chi connectivity index (χ4n) is 4.30. The molecule has 0 fully saturated rings. The zero-order valence-electron chi connectivity index (χ0n) is 20.2. The van der Waals surface area contributed by atoms with Crippen molar-refractivity contribution in [3.05, 3.63) is 46.2 Å². The molecule has 1 aromatic carbocycles. The fraction of sp³-hybridized carbons (Fsp3) is 0.615. The van der Waals surface area contributed by atoms with E-state index < -0.39 is 8.07 Å². The van der Waals surface area contributed by atoms with Gasteiger partial charge in [-0.25, -0.2) is 0 Å². The Morgan fingerprint density at radius 2 is 1.61 bits per heavy atom. The minimum atomic E-state index is -1.87. The summed E-state index contributed by atoms with van der Waals surface area (Å²) in [5.74, 6) is 1.81. The normalized spacial score (nSPS) is 15.7. The maximum atomic E-state index is 6.12. The quantitative estimate of drug-likeness (QED) is 0.483. The summed E-state index contributed by atoms with van der Waals surface area (Å²) in [6.45, 7) is 23.6. The first-order valence-corrected chi connectivity index (χ1v) is 13.8. The number of hydrogen-bond acceptors (Lipinski definition) is 1. The summed E-state index contributed by atoms with van der Waals surface area (Å²) in [6, 6.07) is 4.86. The second-order valence-corrected chi connectivity index (χ2v) is 15.8. The summed E-state index contributed by atoms with van der Waals surface area (Å²) < 4.78 is 6.12. The van der Waals surface area contributed by atoms with Crippen molar-refractivity contribution >= 4 is 13.3 Å². The van der Waals surface area contributed by atoms with Gasteiger partial charge in [0.15, 0.2) is 0 Å². The number of methoxy groups -OCH3 is 1. The molecule has 0 N–H and O–H groups in total. The molecule has 1 nitrogen and oxygen atoms in total. The van der Waals surface area contributed by atoms with Gasteiger partial charge in [-0.3, -0.25) is 0 Å². The first-order valence-electron chi connectivity index (χ1n) is 10.8. The van der Waals surface area contributed by atoms with Crippen LogP contribution in [0.3, 0.4) is 0 Å². The summed E-state index contributed by atoms with van der Waals surface area (Å²) in [5.41, 5.74) is 4.51. The van der Waals surface area contributed by atoms with Gasteiger partial charge in [0.25, 0.3) is 0 Å². The van der Waals surface area contributed by atoms with Gasteiger partial charge in [-0.05, 0) is 45.9 Å². The summed E-state index contributed by atoms with van der Waals surface area (Å²) in [7, 11) is -0.0172. The Morgan fingerprint density at radius 3 is 2.07 bits per heavy atom. The third-order valence-corrected chi connectivity index (χ3v) is 9.80. The molecule has 0 spiro atoms. The van der Waals surface area contributed by atoms with Crippen LogP contribution in [0.15, 0.2) is 35.1 Å². The van der Waals surface area contributed by atoms with Crippen LogP contribution in [0.25, 0.3) is 0 Å². The van der Waals surface area contributed by atoms with Crippen LogP contribution >= 0.6 is 0 Å². The maximum Gasteiger partial charge on any atom is 0.122 e. The van der Waals surface area contributed by atoms with E-state index in [2.05, 4.69) is 92.8 Å². The lowest BCUT2D eigenvalue weighted by molar-refractivity contribution is 0.399. The van der Waals surface area contributed by atoms with Crippen molar-refractivity contribution in [3.63, 3.8) is 0 Å². The molecule has 0 atom stereocenters. The average Bonchev–Trinajstić information content (AvgIpc) is 2.99. The lowest BCUT2D eigenvalue weighted by Crippen LogP contribution is -2.46. The van der Waals surface area contributed by atoms with Crippen LogP contribution in [0.2, 0.25) is 13.1 Å². The van der Waals surface area contributed by atoms with Gasteiger partial charge in [0.2, 0.25) is 0 Å². The van der Waals surface area contributed by atoms with Gasteiger partial charge in [0, 0.05) is 0 Å². The second kappa shape index (κ2) is 7.86. The first-order chi connectivity index (χ1) is 12.7. The van der Waals surface area contributed by atoms with Gasteiger partial charge in [-0.2, -0.15) is 0 Å². The molecular formula is C26H42OSi. The molecule has 1 aliphatic carbocycles. The minimum absolute atomic E-state index is 0.0505. The number of allylic oxidation sites excluding steroid dienone is 4. The van der Waals surface area contributed by atoms with Crippen LogP contribution in [0, 0.1) is 5.92 Å². The predicted octanol–water partition coefficient (Wildman–Crippen LogP) is 7.05. The van der Waals surface area contributed by atoms with Crippen molar-refractivity contribution in [3.8, 4) is 5.75 Å². The largest absolute Gasteiger partial charge is 0.497 e. The smallest absolute Gasteiger partial charge is 0.122 e. The summed E-state index contributed by atoms with van der Waals surface area (Å²) in [5, 5.41) is 3.15. The molecule has 0 radical (unpaired) electrons. The van der Waals surface area contributed by atoms with E-state index >= 15 is 0 Å². The van der Waals surface area contributed by atoms with Crippen molar-refractivity contribution < 1.29 is 4.74 Å². The predicted molar refractivity (Wildman–Crippen MR) is 128 cm³/mol. The molecular weight excluding hydrogens is 356 g/mol. The van der Waals surface area contributed by atoms with Crippen LogP contribution in [0.4, 0.5) is 0 Å². The molecule has 2 rings (SSSR count). The van der Waals surface area contributed by atoms with E-state index in [1.54, 1.807) is 10.8 Å². The molecule has 0 saturated heterocycles. The van der Waals surface area contributed by atoms with E-state index in [0.29, 0.717) is 5.92 Å². The van der Waals surface area contributed by atoms with Crippen LogP contribution in [0.5, 0.6) is 5.75 Å².